The highest BCUT2D eigenvalue weighted by Crippen LogP contribution is 2.43. The molecule has 4 heteroatoms. The number of nitrogens with one attached hydrogen (secondary N) is 1. The Labute approximate surface area is 105 Å². The van der Waals surface area contributed by atoms with E-state index in [1.165, 1.54) is 25.7 Å². The molecule has 2 rings (SSSR count). The highest BCUT2D eigenvalue weighted by molar-refractivity contribution is 9.10. The van der Waals surface area contributed by atoms with E-state index in [9.17, 15) is 0 Å². The van der Waals surface area contributed by atoms with E-state index in [0.717, 1.165) is 16.8 Å². The van der Waals surface area contributed by atoms with Gasteiger partial charge in [-0.3, -0.25) is 0 Å². The maximum atomic E-state index is 5.65. The van der Waals surface area contributed by atoms with E-state index in [1.54, 1.807) is 6.20 Å². The van der Waals surface area contributed by atoms with Gasteiger partial charge in [-0.15, -0.1) is 0 Å². The fourth-order valence-electron chi connectivity index (χ4n) is 2.19. The predicted octanol–water partition coefficient (Wildman–Crippen LogP) is 3.42. The molecule has 1 aliphatic rings. The highest BCUT2D eigenvalue weighted by Gasteiger charge is 2.34. The minimum absolute atomic E-state index is 0.502. The molecule has 0 amide bonds. The summed E-state index contributed by atoms with van der Waals surface area (Å²) in [5.41, 5.74) is 6.84. The first-order valence-electron chi connectivity index (χ1n) is 5.80. The second kappa shape index (κ2) is 4.62. The molecule has 3 N–H and O–H groups in total. The minimum atomic E-state index is 0.502. The van der Waals surface area contributed by atoms with Gasteiger partial charge in [0.2, 0.25) is 0 Å². The quantitative estimate of drug-likeness (QED) is 0.890. The van der Waals surface area contributed by atoms with Crippen LogP contribution in [0.3, 0.4) is 0 Å². The summed E-state index contributed by atoms with van der Waals surface area (Å²) < 4.78 is 0.943. The van der Waals surface area contributed by atoms with Gasteiger partial charge in [0.05, 0.1) is 16.4 Å². The first-order chi connectivity index (χ1) is 7.65. The van der Waals surface area contributed by atoms with Gasteiger partial charge < -0.3 is 11.1 Å². The molecule has 0 saturated heterocycles. The Hall–Kier alpha value is -0.770. The molecule has 0 aromatic carbocycles. The van der Waals surface area contributed by atoms with Crippen molar-refractivity contribution >= 4 is 27.4 Å². The SMILES string of the molecule is CCC1(CNc2ncc(N)cc2Br)CCC1. The zero-order valence-corrected chi connectivity index (χ0v) is 11.2. The van der Waals surface area contributed by atoms with Crippen LogP contribution >= 0.6 is 15.9 Å². The molecule has 1 saturated carbocycles. The average Bonchev–Trinajstić information content (AvgIpc) is 2.19. The molecule has 1 aromatic rings. The van der Waals surface area contributed by atoms with Gasteiger partial charge >= 0.3 is 0 Å². The van der Waals surface area contributed by atoms with Crippen molar-refractivity contribution in [1.29, 1.82) is 0 Å². The monoisotopic (exact) mass is 283 g/mol. The van der Waals surface area contributed by atoms with Crippen LogP contribution in [0.4, 0.5) is 11.5 Å². The van der Waals surface area contributed by atoms with Gasteiger partial charge in [-0.1, -0.05) is 13.3 Å². The molecule has 0 bridgehead atoms. The summed E-state index contributed by atoms with van der Waals surface area (Å²) in [4.78, 5) is 4.29. The number of nitrogen functional groups attached to an aromatic ring is 1. The molecule has 3 nitrogen and oxygen atoms in total. The molecule has 1 heterocycles. The van der Waals surface area contributed by atoms with Crippen LogP contribution in [-0.4, -0.2) is 11.5 Å². The number of nitrogens with zero attached hydrogens (tertiary/aromatic N) is 1. The maximum absolute atomic E-state index is 5.65. The van der Waals surface area contributed by atoms with E-state index in [2.05, 4.69) is 33.2 Å². The standard InChI is InChI=1S/C12H18BrN3/c1-2-12(4-3-5-12)8-16-11-10(13)6-9(14)7-15-11/h6-7H,2-5,8,14H2,1H3,(H,15,16). The normalized spacial score (nSPS) is 17.9. The summed E-state index contributed by atoms with van der Waals surface area (Å²) in [5.74, 6) is 0.897. The van der Waals surface area contributed by atoms with E-state index in [0.29, 0.717) is 11.1 Å². The van der Waals surface area contributed by atoms with Gasteiger partial charge in [0.15, 0.2) is 0 Å². The molecule has 1 aliphatic carbocycles. The first kappa shape index (κ1) is 11.7. The van der Waals surface area contributed by atoms with E-state index < -0.39 is 0 Å². The molecule has 16 heavy (non-hydrogen) atoms. The van der Waals surface area contributed by atoms with Crippen molar-refractivity contribution in [2.24, 2.45) is 5.41 Å². The molecule has 0 atom stereocenters. The summed E-state index contributed by atoms with van der Waals surface area (Å²) in [6, 6.07) is 1.88. The number of halogens is 1. The summed E-state index contributed by atoms with van der Waals surface area (Å²) in [7, 11) is 0. The molecule has 1 aromatic heterocycles. The molecule has 0 radical (unpaired) electrons. The molecule has 88 valence electrons. The smallest absolute Gasteiger partial charge is 0.140 e. The largest absolute Gasteiger partial charge is 0.397 e. The third-order valence-electron chi connectivity index (χ3n) is 3.66. The molecular formula is C12H18BrN3. The van der Waals surface area contributed by atoms with Crippen molar-refractivity contribution in [2.75, 3.05) is 17.6 Å². The van der Waals surface area contributed by atoms with E-state index >= 15 is 0 Å². The van der Waals surface area contributed by atoms with Crippen LogP contribution in [0.5, 0.6) is 0 Å². The molecule has 0 spiro atoms. The number of hydrogen-bond donors (Lipinski definition) is 2. The van der Waals surface area contributed by atoms with Crippen LogP contribution in [0.15, 0.2) is 16.7 Å². The maximum Gasteiger partial charge on any atom is 0.140 e. The Morgan fingerprint density at radius 1 is 1.56 bits per heavy atom. The van der Waals surface area contributed by atoms with Crippen LogP contribution in [0.25, 0.3) is 0 Å². The van der Waals surface area contributed by atoms with Crippen LogP contribution in [0, 0.1) is 5.41 Å². The van der Waals surface area contributed by atoms with Crippen LogP contribution in [0.1, 0.15) is 32.6 Å². The number of aromatic nitrogens is 1. The van der Waals surface area contributed by atoms with Crippen molar-refractivity contribution in [1.82, 2.24) is 4.98 Å². The number of pyridine rings is 1. The lowest BCUT2D eigenvalue weighted by Gasteiger charge is -2.41. The van der Waals surface area contributed by atoms with Crippen molar-refractivity contribution in [3.8, 4) is 0 Å². The Morgan fingerprint density at radius 3 is 2.81 bits per heavy atom. The van der Waals surface area contributed by atoms with Crippen molar-refractivity contribution < 1.29 is 0 Å². The Kier molecular flexibility index (Phi) is 3.38. The third-order valence-corrected chi connectivity index (χ3v) is 4.26. The van der Waals surface area contributed by atoms with Gasteiger partial charge in [0.1, 0.15) is 5.82 Å². The lowest BCUT2D eigenvalue weighted by Crippen LogP contribution is -2.36. The molecular weight excluding hydrogens is 266 g/mol. The predicted molar refractivity (Wildman–Crippen MR) is 71.4 cm³/mol. The summed E-state index contributed by atoms with van der Waals surface area (Å²) in [5, 5.41) is 3.42. The van der Waals surface area contributed by atoms with Gasteiger partial charge in [-0.25, -0.2) is 4.98 Å². The zero-order valence-electron chi connectivity index (χ0n) is 9.59. The van der Waals surface area contributed by atoms with Gasteiger partial charge in [-0.2, -0.15) is 0 Å². The van der Waals surface area contributed by atoms with E-state index in [1.807, 2.05) is 6.07 Å². The van der Waals surface area contributed by atoms with Crippen molar-refractivity contribution in [2.45, 2.75) is 32.6 Å². The third kappa shape index (κ3) is 2.32. The lowest BCUT2D eigenvalue weighted by molar-refractivity contribution is 0.145. The Morgan fingerprint density at radius 2 is 2.31 bits per heavy atom. The first-order valence-corrected chi connectivity index (χ1v) is 6.59. The molecule has 0 aliphatic heterocycles. The second-order valence-electron chi connectivity index (χ2n) is 4.66. The van der Waals surface area contributed by atoms with Crippen LogP contribution < -0.4 is 11.1 Å². The van der Waals surface area contributed by atoms with Crippen LogP contribution in [-0.2, 0) is 0 Å². The van der Waals surface area contributed by atoms with Crippen molar-refractivity contribution in [3.63, 3.8) is 0 Å². The average molecular weight is 284 g/mol. The Bertz CT molecular complexity index is 369. The van der Waals surface area contributed by atoms with E-state index in [4.69, 9.17) is 5.73 Å². The number of hydrogen-bond acceptors (Lipinski definition) is 3. The van der Waals surface area contributed by atoms with Gasteiger partial charge in [-0.05, 0) is 46.7 Å². The van der Waals surface area contributed by atoms with Gasteiger partial charge in [0.25, 0.3) is 0 Å². The second-order valence-corrected chi connectivity index (χ2v) is 5.51. The molecule has 0 unspecified atom stereocenters. The summed E-state index contributed by atoms with van der Waals surface area (Å²) >= 11 is 3.47. The number of anilines is 2. The zero-order chi connectivity index (χ0) is 11.6. The fraction of sp³-hybridized carbons (Fsp3) is 0.583. The molecule has 1 fully saturated rings. The van der Waals surface area contributed by atoms with Crippen LogP contribution in [0.2, 0.25) is 0 Å². The summed E-state index contributed by atoms with van der Waals surface area (Å²) in [6.07, 6.45) is 6.97. The number of rotatable bonds is 4. The number of nitrogens with two attached hydrogens (primary N) is 1. The van der Waals surface area contributed by atoms with Gasteiger partial charge in [0, 0.05) is 6.54 Å². The minimum Gasteiger partial charge on any atom is -0.397 e. The topological polar surface area (TPSA) is 50.9 Å². The highest BCUT2D eigenvalue weighted by atomic mass is 79.9. The van der Waals surface area contributed by atoms with Crippen molar-refractivity contribution in [3.05, 3.63) is 16.7 Å². The summed E-state index contributed by atoms with van der Waals surface area (Å²) in [6.45, 7) is 3.28. The van der Waals surface area contributed by atoms with E-state index in [-0.39, 0.29) is 0 Å². The Balaban J connectivity index is 1.99. The fourth-order valence-corrected chi connectivity index (χ4v) is 2.69. The lowest BCUT2D eigenvalue weighted by atomic mass is 9.67.